The van der Waals surface area contributed by atoms with Gasteiger partial charge in [0.25, 0.3) is 0 Å². The molecule has 0 aliphatic carbocycles. The molecule has 3 rings (SSSR count). The monoisotopic (exact) mass is 272 g/mol. The number of aromatic nitrogens is 2. The highest BCUT2D eigenvalue weighted by atomic mass is 35.5. The molecule has 2 aliphatic rings. The van der Waals surface area contributed by atoms with Crippen molar-refractivity contribution in [3.8, 4) is 0 Å². The molecule has 4 nitrogen and oxygen atoms in total. The van der Waals surface area contributed by atoms with Crippen molar-refractivity contribution in [3.63, 3.8) is 0 Å². The molecule has 3 heterocycles. The minimum absolute atomic E-state index is 0.505. The van der Waals surface area contributed by atoms with Crippen LogP contribution in [0, 0.1) is 5.92 Å². The molecule has 0 spiro atoms. The molecule has 2 aliphatic heterocycles. The molecule has 0 radical (unpaired) electrons. The molecule has 2 bridgehead atoms. The van der Waals surface area contributed by atoms with Gasteiger partial charge in [0.2, 0.25) is 0 Å². The number of hydrogen-bond acceptors (Lipinski definition) is 5. The zero-order valence-corrected chi connectivity index (χ0v) is 11.5. The minimum atomic E-state index is 0.505. The second kappa shape index (κ2) is 4.71. The fourth-order valence-corrected chi connectivity index (χ4v) is 3.90. The van der Waals surface area contributed by atoms with Crippen LogP contribution in [-0.2, 0) is 0 Å². The highest BCUT2D eigenvalue weighted by Crippen LogP contribution is 2.37. The van der Waals surface area contributed by atoms with Gasteiger partial charge in [-0.2, -0.15) is 8.75 Å². The maximum atomic E-state index is 5.92. The van der Waals surface area contributed by atoms with E-state index in [1.54, 1.807) is 0 Å². The SMILES string of the molecule is CN1C2CCC1CC(CNc1nsnc1Cl)C2. The number of rotatable bonds is 3. The number of halogens is 1. The van der Waals surface area contributed by atoms with Gasteiger partial charge in [-0.25, -0.2) is 0 Å². The van der Waals surface area contributed by atoms with Gasteiger partial charge in [-0.1, -0.05) is 11.6 Å². The zero-order valence-electron chi connectivity index (χ0n) is 9.90. The Labute approximate surface area is 111 Å². The normalized spacial score (nSPS) is 32.9. The van der Waals surface area contributed by atoms with Gasteiger partial charge in [0, 0.05) is 18.6 Å². The smallest absolute Gasteiger partial charge is 0.186 e. The molecular formula is C11H17ClN4S. The van der Waals surface area contributed by atoms with Gasteiger partial charge in [0.1, 0.15) is 0 Å². The fraction of sp³-hybridized carbons (Fsp3) is 0.818. The van der Waals surface area contributed by atoms with Crippen LogP contribution in [-0.4, -0.2) is 39.3 Å². The third-order valence-corrected chi connectivity index (χ3v) is 5.09. The third kappa shape index (κ3) is 2.28. The molecule has 17 heavy (non-hydrogen) atoms. The predicted molar refractivity (Wildman–Crippen MR) is 70.7 cm³/mol. The average Bonchev–Trinajstić information content (AvgIpc) is 2.78. The molecule has 94 valence electrons. The molecule has 0 aromatic carbocycles. The molecule has 0 amide bonds. The van der Waals surface area contributed by atoms with Crippen LogP contribution >= 0.6 is 23.3 Å². The second-order valence-corrected chi connectivity index (χ2v) is 6.06. The highest BCUT2D eigenvalue weighted by Gasteiger charge is 2.38. The van der Waals surface area contributed by atoms with E-state index in [9.17, 15) is 0 Å². The predicted octanol–water partition coefficient (Wildman–Crippen LogP) is 2.48. The topological polar surface area (TPSA) is 41.0 Å². The molecule has 2 saturated heterocycles. The van der Waals surface area contributed by atoms with Crippen LogP contribution in [0.15, 0.2) is 0 Å². The molecular weight excluding hydrogens is 256 g/mol. The van der Waals surface area contributed by atoms with E-state index < -0.39 is 0 Å². The van der Waals surface area contributed by atoms with E-state index in [2.05, 4.69) is 26.0 Å². The van der Waals surface area contributed by atoms with Crippen LogP contribution in [0.25, 0.3) is 0 Å². The first kappa shape index (κ1) is 11.7. The number of piperidine rings is 1. The molecule has 1 aromatic heterocycles. The third-order valence-electron chi connectivity index (χ3n) is 4.20. The van der Waals surface area contributed by atoms with E-state index in [4.69, 9.17) is 11.6 Å². The molecule has 1 N–H and O–H groups in total. The van der Waals surface area contributed by atoms with Crippen molar-refractivity contribution < 1.29 is 0 Å². The Bertz CT molecular complexity index is 383. The summed E-state index contributed by atoms with van der Waals surface area (Å²) in [6, 6.07) is 1.59. The van der Waals surface area contributed by atoms with Gasteiger partial charge in [0.15, 0.2) is 11.0 Å². The van der Waals surface area contributed by atoms with Crippen molar-refractivity contribution in [1.29, 1.82) is 0 Å². The summed E-state index contributed by atoms with van der Waals surface area (Å²) in [6.07, 6.45) is 5.34. The van der Waals surface area contributed by atoms with Crippen molar-refractivity contribution >= 4 is 29.1 Å². The van der Waals surface area contributed by atoms with Gasteiger partial charge < -0.3 is 10.2 Å². The van der Waals surface area contributed by atoms with Crippen molar-refractivity contribution in [1.82, 2.24) is 13.6 Å². The average molecular weight is 273 g/mol. The van der Waals surface area contributed by atoms with Crippen molar-refractivity contribution in [2.24, 2.45) is 5.92 Å². The lowest BCUT2D eigenvalue weighted by molar-refractivity contribution is 0.139. The lowest BCUT2D eigenvalue weighted by Gasteiger charge is -2.36. The van der Waals surface area contributed by atoms with E-state index in [0.29, 0.717) is 5.15 Å². The summed E-state index contributed by atoms with van der Waals surface area (Å²) in [4.78, 5) is 2.56. The Morgan fingerprint density at radius 3 is 2.65 bits per heavy atom. The maximum absolute atomic E-state index is 5.92. The summed E-state index contributed by atoms with van der Waals surface area (Å²) in [5, 5.41) is 3.84. The molecule has 6 heteroatoms. The second-order valence-electron chi connectivity index (χ2n) is 5.17. The Morgan fingerprint density at radius 1 is 1.35 bits per heavy atom. The van der Waals surface area contributed by atoms with E-state index >= 15 is 0 Å². The zero-order chi connectivity index (χ0) is 11.8. The summed E-state index contributed by atoms with van der Waals surface area (Å²) in [6.45, 7) is 0.978. The first-order valence-corrected chi connectivity index (χ1v) is 7.28. The van der Waals surface area contributed by atoms with Crippen molar-refractivity contribution in [2.45, 2.75) is 37.8 Å². The fourth-order valence-electron chi connectivity index (χ4n) is 3.22. The van der Waals surface area contributed by atoms with Crippen LogP contribution < -0.4 is 5.32 Å². The van der Waals surface area contributed by atoms with Gasteiger partial charge >= 0.3 is 0 Å². The number of fused-ring (bicyclic) bond motifs is 2. The number of nitrogens with one attached hydrogen (secondary N) is 1. The van der Waals surface area contributed by atoms with Crippen LogP contribution in [0.2, 0.25) is 5.15 Å². The van der Waals surface area contributed by atoms with Gasteiger partial charge in [-0.3, -0.25) is 0 Å². The molecule has 0 saturated carbocycles. The summed E-state index contributed by atoms with van der Waals surface area (Å²) in [5.41, 5.74) is 0. The van der Waals surface area contributed by atoms with E-state index in [1.807, 2.05) is 0 Å². The van der Waals surface area contributed by atoms with Crippen LogP contribution in [0.1, 0.15) is 25.7 Å². The molecule has 2 fully saturated rings. The van der Waals surface area contributed by atoms with Gasteiger partial charge in [0.05, 0.1) is 11.7 Å². The van der Waals surface area contributed by atoms with E-state index in [-0.39, 0.29) is 0 Å². The van der Waals surface area contributed by atoms with Crippen molar-refractivity contribution in [2.75, 3.05) is 18.9 Å². The Balaban J connectivity index is 1.56. The Hall–Kier alpha value is -0.390. The summed E-state index contributed by atoms with van der Waals surface area (Å²) in [7, 11) is 2.27. The van der Waals surface area contributed by atoms with Gasteiger partial charge in [-0.05, 0) is 38.6 Å². The van der Waals surface area contributed by atoms with Crippen LogP contribution in [0.3, 0.4) is 0 Å². The lowest BCUT2D eigenvalue weighted by atomic mass is 9.91. The molecule has 2 unspecified atom stereocenters. The Morgan fingerprint density at radius 2 is 2.06 bits per heavy atom. The quantitative estimate of drug-likeness (QED) is 0.918. The number of nitrogens with zero attached hydrogens (tertiary/aromatic N) is 3. The van der Waals surface area contributed by atoms with Gasteiger partial charge in [-0.15, -0.1) is 0 Å². The first-order valence-electron chi connectivity index (χ1n) is 6.18. The summed E-state index contributed by atoms with van der Waals surface area (Å²) < 4.78 is 8.11. The first-order chi connectivity index (χ1) is 8.24. The summed E-state index contributed by atoms with van der Waals surface area (Å²) >= 11 is 7.08. The summed E-state index contributed by atoms with van der Waals surface area (Å²) in [5.74, 6) is 1.50. The minimum Gasteiger partial charge on any atom is -0.366 e. The standard InChI is InChI=1S/C11H17ClN4S/c1-16-8-2-3-9(16)5-7(4-8)6-13-11-10(12)14-17-15-11/h7-9H,2-6H2,1H3,(H,13,15). The largest absolute Gasteiger partial charge is 0.366 e. The van der Waals surface area contributed by atoms with Crippen LogP contribution in [0.4, 0.5) is 5.82 Å². The molecule has 2 atom stereocenters. The van der Waals surface area contributed by atoms with Crippen LogP contribution in [0.5, 0.6) is 0 Å². The molecule has 1 aromatic rings. The highest BCUT2D eigenvalue weighted by molar-refractivity contribution is 6.99. The van der Waals surface area contributed by atoms with E-state index in [1.165, 1.54) is 25.7 Å². The van der Waals surface area contributed by atoms with Crippen molar-refractivity contribution in [3.05, 3.63) is 5.15 Å². The maximum Gasteiger partial charge on any atom is 0.186 e. The van der Waals surface area contributed by atoms with E-state index in [0.717, 1.165) is 42.1 Å². The lowest BCUT2D eigenvalue weighted by Crippen LogP contribution is -2.41. The number of hydrogen-bond donors (Lipinski definition) is 1. The Kier molecular flexibility index (Phi) is 3.23. The number of anilines is 1.